The Morgan fingerprint density at radius 3 is 2.70 bits per heavy atom. The third kappa shape index (κ3) is 4.29. The van der Waals surface area contributed by atoms with Gasteiger partial charge in [-0.2, -0.15) is 5.26 Å². The molecule has 140 valence electrons. The largest absolute Gasteiger partial charge is 0.376 e. The van der Waals surface area contributed by atoms with E-state index in [1.165, 1.54) is 5.56 Å². The van der Waals surface area contributed by atoms with E-state index in [1.54, 1.807) is 6.08 Å². The van der Waals surface area contributed by atoms with E-state index in [9.17, 15) is 10.1 Å². The van der Waals surface area contributed by atoms with Crippen LogP contribution in [0.5, 0.6) is 0 Å². The van der Waals surface area contributed by atoms with Crippen LogP contribution < -0.4 is 5.32 Å². The Balaban J connectivity index is 1.82. The molecule has 0 radical (unpaired) electrons. The first-order valence-electron chi connectivity index (χ1n) is 9.27. The molecule has 0 unspecified atom stereocenters. The van der Waals surface area contributed by atoms with Crippen molar-refractivity contribution in [3.05, 3.63) is 58.4 Å². The highest BCUT2D eigenvalue weighted by molar-refractivity contribution is 6.01. The molecule has 5 nitrogen and oxygen atoms in total. The molecule has 0 spiro atoms. The number of nitriles is 1. The van der Waals surface area contributed by atoms with Crippen LogP contribution in [0.25, 0.3) is 11.8 Å². The zero-order valence-corrected chi connectivity index (χ0v) is 16.1. The van der Waals surface area contributed by atoms with Crippen LogP contribution in [0, 0.1) is 32.1 Å². The number of aryl methyl sites for hydroxylation is 2. The van der Waals surface area contributed by atoms with Crippen LogP contribution >= 0.6 is 0 Å². The molecule has 2 aromatic rings. The SMILES string of the molecule is Cc1ccc(-n2c(C)cc(/C=C(\C#N)C(=O)NC[C@H]3CCCO3)c2C)cc1. The Hall–Kier alpha value is -2.84. The molecular weight excluding hydrogens is 338 g/mol. The van der Waals surface area contributed by atoms with E-state index in [2.05, 4.69) is 41.1 Å². The van der Waals surface area contributed by atoms with Crippen LogP contribution in [0.1, 0.15) is 35.4 Å². The van der Waals surface area contributed by atoms with Crippen LogP contribution in [-0.2, 0) is 9.53 Å². The van der Waals surface area contributed by atoms with Crippen molar-refractivity contribution in [2.24, 2.45) is 0 Å². The Morgan fingerprint density at radius 1 is 1.33 bits per heavy atom. The van der Waals surface area contributed by atoms with E-state index in [0.717, 1.165) is 42.1 Å². The molecule has 1 aliphatic heterocycles. The number of rotatable bonds is 5. The van der Waals surface area contributed by atoms with Gasteiger partial charge in [0.2, 0.25) is 0 Å². The molecule has 1 amide bonds. The minimum atomic E-state index is -0.354. The van der Waals surface area contributed by atoms with Gasteiger partial charge in [-0.15, -0.1) is 0 Å². The topological polar surface area (TPSA) is 67.0 Å². The zero-order chi connectivity index (χ0) is 19.4. The summed E-state index contributed by atoms with van der Waals surface area (Å²) in [6.45, 7) is 7.26. The Labute approximate surface area is 160 Å². The normalized spacial score (nSPS) is 17.0. The fourth-order valence-electron chi connectivity index (χ4n) is 3.44. The van der Waals surface area contributed by atoms with Crippen molar-refractivity contribution >= 4 is 12.0 Å². The molecule has 1 saturated heterocycles. The highest BCUT2D eigenvalue weighted by atomic mass is 16.5. The second kappa shape index (κ2) is 8.24. The van der Waals surface area contributed by atoms with Crippen molar-refractivity contribution < 1.29 is 9.53 Å². The van der Waals surface area contributed by atoms with Crippen molar-refractivity contribution in [3.63, 3.8) is 0 Å². The van der Waals surface area contributed by atoms with Crippen LogP contribution in [-0.4, -0.2) is 29.7 Å². The van der Waals surface area contributed by atoms with Gasteiger partial charge < -0.3 is 14.6 Å². The van der Waals surface area contributed by atoms with Gasteiger partial charge in [0.25, 0.3) is 5.91 Å². The smallest absolute Gasteiger partial charge is 0.262 e. The maximum absolute atomic E-state index is 12.4. The summed E-state index contributed by atoms with van der Waals surface area (Å²) in [5.41, 5.74) is 5.30. The van der Waals surface area contributed by atoms with Gasteiger partial charge in [-0.3, -0.25) is 4.79 Å². The maximum Gasteiger partial charge on any atom is 0.262 e. The van der Waals surface area contributed by atoms with Gasteiger partial charge in [0.15, 0.2) is 0 Å². The summed E-state index contributed by atoms with van der Waals surface area (Å²) < 4.78 is 7.64. The lowest BCUT2D eigenvalue weighted by molar-refractivity contribution is -0.117. The van der Waals surface area contributed by atoms with Gasteiger partial charge in [0.1, 0.15) is 11.6 Å². The number of benzene rings is 1. The molecule has 1 N–H and O–H groups in total. The number of ether oxygens (including phenoxy) is 1. The van der Waals surface area contributed by atoms with Crippen molar-refractivity contribution in [3.8, 4) is 11.8 Å². The van der Waals surface area contributed by atoms with E-state index in [-0.39, 0.29) is 17.6 Å². The molecule has 1 fully saturated rings. The van der Waals surface area contributed by atoms with E-state index in [4.69, 9.17) is 4.74 Å². The van der Waals surface area contributed by atoms with E-state index in [1.807, 2.05) is 26.0 Å². The fourth-order valence-corrected chi connectivity index (χ4v) is 3.44. The van der Waals surface area contributed by atoms with Gasteiger partial charge in [-0.05, 0) is 63.5 Å². The summed E-state index contributed by atoms with van der Waals surface area (Å²) in [6, 6.07) is 12.3. The first-order valence-corrected chi connectivity index (χ1v) is 9.27. The maximum atomic E-state index is 12.4. The first kappa shape index (κ1) is 18.9. The number of nitrogens with zero attached hydrogens (tertiary/aromatic N) is 2. The molecule has 27 heavy (non-hydrogen) atoms. The fraction of sp³-hybridized carbons (Fsp3) is 0.364. The second-order valence-electron chi connectivity index (χ2n) is 7.01. The lowest BCUT2D eigenvalue weighted by Crippen LogP contribution is -2.32. The van der Waals surface area contributed by atoms with E-state index in [0.29, 0.717) is 6.54 Å². The molecular formula is C22H25N3O2. The quantitative estimate of drug-likeness (QED) is 0.652. The number of hydrogen-bond donors (Lipinski definition) is 1. The monoisotopic (exact) mass is 363 g/mol. The van der Waals surface area contributed by atoms with Crippen LogP contribution in [0.15, 0.2) is 35.9 Å². The third-order valence-corrected chi connectivity index (χ3v) is 4.94. The van der Waals surface area contributed by atoms with Crippen LogP contribution in [0.3, 0.4) is 0 Å². The summed E-state index contributed by atoms with van der Waals surface area (Å²) in [5.74, 6) is -0.354. The molecule has 1 aromatic carbocycles. The minimum Gasteiger partial charge on any atom is -0.376 e. The zero-order valence-electron chi connectivity index (χ0n) is 16.1. The molecule has 5 heteroatoms. The molecule has 1 aliphatic rings. The Bertz CT molecular complexity index is 895. The number of hydrogen-bond acceptors (Lipinski definition) is 3. The molecule has 1 aromatic heterocycles. The van der Waals surface area contributed by atoms with Crippen molar-refractivity contribution in [1.82, 2.24) is 9.88 Å². The van der Waals surface area contributed by atoms with Gasteiger partial charge in [-0.25, -0.2) is 0 Å². The second-order valence-corrected chi connectivity index (χ2v) is 7.01. The minimum absolute atomic E-state index is 0.0560. The predicted octanol–water partition coefficient (Wildman–Crippen LogP) is 3.60. The third-order valence-electron chi connectivity index (χ3n) is 4.94. The number of carbonyl (C=O) groups excluding carboxylic acids is 1. The predicted molar refractivity (Wildman–Crippen MR) is 106 cm³/mol. The average molecular weight is 363 g/mol. The summed E-state index contributed by atoms with van der Waals surface area (Å²) in [4.78, 5) is 12.4. The lowest BCUT2D eigenvalue weighted by atomic mass is 10.1. The summed E-state index contributed by atoms with van der Waals surface area (Å²) in [7, 11) is 0. The highest BCUT2D eigenvalue weighted by Crippen LogP contribution is 2.23. The van der Waals surface area contributed by atoms with E-state index < -0.39 is 0 Å². The van der Waals surface area contributed by atoms with Gasteiger partial charge in [-0.1, -0.05) is 17.7 Å². The lowest BCUT2D eigenvalue weighted by Gasteiger charge is -2.11. The molecule has 2 heterocycles. The first-order chi connectivity index (χ1) is 13.0. The molecule has 0 bridgehead atoms. The van der Waals surface area contributed by atoms with Gasteiger partial charge >= 0.3 is 0 Å². The van der Waals surface area contributed by atoms with E-state index >= 15 is 0 Å². The Morgan fingerprint density at radius 2 is 2.07 bits per heavy atom. The van der Waals surface area contributed by atoms with Crippen LogP contribution in [0.2, 0.25) is 0 Å². The number of nitrogens with one attached hydrogen (secondary N) is 1. The molecule has 0 aliphatic carbocycles. The summed E-state index contributed by atoms with van der Waals surface area (Å²) >= 11 is 0. The summed E-state index contributed by atoms with van der Waals surface area (Å²) in [6.07, 6.45) is 3.69. The standard InChI is InChI=1S/C22H25N3O2/c1-15-6-8-20(9-7-15)25-16(2)11-18(17(25)3)12-19(13-23)22(26)24-14-21-5-4-10-27-21/h6-9,11-12,21H,4-5,10,14H2,1-3H3,(H,24,26)/b19-12+/t21-/m1/s1. The highest BCUT2D eigenvalue weighted by Gasteiger charge is 2.18. The summed E-state index contributed by atoms with van der Waals surface area (Å²) in [5, 5.41) is 12.3. The Kier molecular flexibility index (Phi) is 5.78. The number of aromatic nitrogens is 1. The molecule has 3 rings (SSSR count). The molecule has 0 saturated carbocycles. The van der Waals surface area contributed by atoms with Gasteiger partial charge in [0, 0.05) is 30.2 Å². The van der Waals surface area contributed by atoms with Crippen molar-refractivity contribution in [2.45, 2.75) is 39.7 Å². The average Bonchev–Trinajstić information content (AvgIpc) is 3.27. The van der Waals surface area contributed by atoms with Crippen molar-refractivity contribution in [2.75, 3.05) is 13.2 Å². The number of carbonyl (C=O) groups is 1. The van der Waals surface area contributed by atoms with Crippen LogP contribution in [0.4, 0.5) is 0 Å². The number of amides is 1. The van der Waals surface area contributed by atoms with Gasteiger partial charge in [0.05, 0.1) is 6.10 Å². The van der Waals surface area contributed by atoms with Crippen molar-refractivity contribution in [1.29, 1.82) is 5.26 Å². The molecule has 1 atom stereocenters.